The number of phenols is 1. The molecule has 0 aliphatic rings. The second-order valence-corrected chi connectivity index (χ2v) is 6.82. The molecule has 0 unspecified atom stereocenters. The lowest BCUT2D eigenvalue weighted by Crippen LogP contribution is -2.37. The quantitative estimate of drug-likeness (QED) is 0.820. The summed E-state index contributed by atoms with van der Waals surface area (Å²) in [7, 11) is 0. The molecule has 1 atom stereocenters. The molecule has 1 amide bonds. The first kappa shape index (κ1) is 18.8. The maximum atomic E-state index is 12.2. The van der Waals surface area contributed by atoms with Gasteiger partial charge in [-0.05, 0) is 42.2 Å². The zero-order valence-electron chi connectivity index (χ0n) is 15.4. The molecule has 0 radical (unpaired) electrons. The van der Waals surface area contributed by atoms with Gasteiger partial charge in [-0.3, -0.25) is 4.79 Å². The third-order valence-corrected chi connectivity index (χ3v) is 4.19. The molecule has 25 heavy (non-hydrogen) atoms. The minimum atomic E-state index is -0.178. The van der Waals surface area contributed by atoms with Crippen LogP contribution < -0.4 is 5.32 Å². The smallest absolute Gasteiger partial charge is 0.223 e. The van der Waals surface area contributed by atoms with Crippen LogP contribution in [0.5, 0.6) is 5.75 Å². The van der Waals surface area contributed by atoms with Crippen LogP contribution in [0.4, 0.5) is 0 Å². The van der Waals surface area contributed by atoms with E-state index in [0.29, 0.717) is 6.42 Å². The van der Waals surface area contributed by atoms with Gasteiger partial charge in [0.25, 0.3) is 0 Å². The lowest BCUT2D eigenvalue weighted by atomic mass is 9.97. The van der Waals surface area contributed by atoms with Gasteiger partial charge in [0.1, 0.15) is 5.75 Å². The van der Waals surface area contributed by atoms with Crippen LogP contribution in [0.1, 0.15) is 36.1 Å². The van der Waals surface area contributed by atoms with Crippen LogP contribution in [0, 0.1) is 19.8 Å². The van der Waals surface area contributed by atoms with Gasteiger partial charge in [0.05, 0.1) is 6.04 Å². The molecule has 2 N–H and O–H groups in total. The zero-order chi connectivity index (χ0) is 18.4. The number of aryl methyl sites for hydroxylation is 2. The van der Waals surface area contributed by atoms with Crippen molar-refractivity contribution in [2.24, 2.45) is 5.92 Å². The molecule has 132 valence electrons. The van der Waals surface area contributed by atoms with Gasteiger partial charge in [0, 0.05) is 12.3 Å². The Morgan fingerprint density at radius 2 is 1.84 bits per heavy atom. The molecular formula is C22H27NO2. The maximum Gasteiger partial charge on any atom is 0.223 e. The Hall–Kier alpha value is -2.55. The van der Waals surface area contributed by atoms with E-state index in [0.717, 1.165) is 22.3 Å². The summed E-state index contributed by atoms with van der Waals surface area (Å²) in [4.78, 5) is 12.2. The highest BCUT2D eigenvalue weighted by atomic mass is 16.3. The molecule has 2 aromatic carbocycles. The largest absolute Gasteiger partial charge is 0.508 e. The third kappa shape index (κ3) is 5.49. The molecule has 0 bridgehead atoms. The SMILES string of the molecule is Cc1cc(C)c(C[C@H](/C=C/c2ccccc2)NC(=O)C(C)C)c(O)c1. The van der Waals surface area contributed by atoms with Gasteiger partial charge in [0.15, 0.2) is 0 Å². The minimum Gasteiger partial charge on any atom is -0.508 e. The van der Waals surface area contributed by atoms with E-state index in [1.54, 1.807) is 6.07 Å². The van der Waals surface area contributed by atoms with Gasteiger partial charge in [0.2, 0.25) is 5.91 Å². The standard InChI is InChI=1S/C22H27NO2/c1-15(2)22(25)23-19(11-10-18-8-6-5-7-9-18)14-20-17(4)12-16(3)13-21(20)24/h5-13,15,19,24H,14H2,1-4H3,(H,23,25)/b11-10+/t19-/m0/s1. The number of aromatic hydroxyl groups is 1. The molecule has 0 saturated carbocycles. The van der Waals surface area contributed by atoms with E-state index in [2.05, 4.69) is 11.4 Å². The highest BCUT2D eigenvalue weighted by Crippen LogP contribution is 2.25. The predicted octanol–water partition coefficient (Wildman–Crippen LogP) is 4.41. The van der Waals surface area contributed by atoms with Crippen LogP contribution in [0.2, 0.25) is 0 Å². The van der Waals surface area contributed by atoms with E-state index < -0.39 is 0 Å². The van der Waals surface area contributed by atoms with Crippen LogP contribution in [0.15, 0.2) is 48.5 Å². The van der Waals surface area contributed by atoms with E-state index in [-0.39, 0.29) is 23.6 Å². The number of phenolic OH excluding ortho intramolecular Hbond substituents is 1. The Balaban J connectivity index is 2.25. The average Bonchev–Trinajstić information content (AvgIpc) is 2.56. The summed E-state index contributed by atoms with van der Waals surface area (Å²) < 4.78 is 0. The van der Waals surface area contributed by atoms with Crippen molar-refractivity contribution in [3.63, 3.8) is 0 Å². The molecule has 0 aromatic heterocycles. The Morgan fingerprint density at radius 1 is 1.16 bits per heavy atom. The number of hydrogen-bond donors (Lipinski definition) is 2. The lowest BCUT2D eigenvalue weighted by molar-refractivity contribution is -0.124. The van der Waals surface area contributed by atoms with E-state index in [1.807, 2.05) is 70.2 Å². The fraction of sp³-hybridized carbons (Fsp3) is 0.318. The van der Waals surface area contributed by atoms with E-state index in [1.165, 1.54) is 0 Å². The molecule has 0 aliphatic heterocycles. The second-order valence-electron chi connectivity index (χ2n) is 6.82. The summed E-state index contributed by atoms with van der Waals surface area (Å²) in [6, 6.07) is 13.6. The van der Waals surface area contributed by atoms with Crippen LogP contribution in [-0.2, 0) is 11.2 Å². The summed E-state index contributed by atoms with van der Waals surface area (Å²) >= 11 is 0. The molecule has 2 rings (SSSR count). The predicted molar refractivity (Wildman–Crippen MR) is 104 cm³/mol. The van der Waals surface area contributed by atoms with Crippen LogP contribution >= 0.6 is 0 Å². The van der Waals surface area contributed by atoms with Crippen molar-refractivity contribution >= 4 is 12.0 Å². The van der Waals surface area contributed by atoms with Gasteiger partial charge in [-0.2, -0.15) is 0 Å². The number of nitrogens with one attached hydrogen (secondary N) is 1. The Morgan fingerprint density at radius 3 is 2.44 bits per heavy atom. The summed E-state index contributed by atoms with van der Waals surface area (Å²) in [5.41, 5.74) is 4.02. The van der Waals surface area contributed by atoms with Crippen LogP contribution in [-0.4, -0.2) is 17.1 Å². The first-order valence-electron chi connectivity index (χ1n) is 8.69. The lowest BCUT2D eigenvalue weighted by Gasteiger charge is -2.19. The first-order chi connectivity index (χ1) is 11.9. The molecule has 3 nitrogen and oxygen atoms in total. The zero-order valence-corrected chi connectivity index (χ0v) is 15.4. The molecular weight excluding hydrogens is 310 g/mol. The monoisotopic (exact) mass is 337 g/mol. The molecule has 0 saturated heterocycles. The maximum absolute atomic E-state index is 12.2. The van der Waals surface area contributed by atoms with Crippen LogP contribution in [0.3, 0.4) is 0 Å². The fourth-order valence-electron chi connectivity index (χ4n) is 2.77. The number of carbonyl (C=O) groups excluding carboxylic acids is 1. The van der Waals surface area contributed by atoms with Crippen molar-refractivity contribution in [2.45, 2.75) is 40.2 Å². The van der Waals surface area contributed by atoms with E-state index in [9.17, 15) is 9.90 Å². The van der Waals surface area contributed by atoms with Crippen molar-refractivity contribution < 1.29 is 9.90 Å². The molecule has 0 fully saturated rings. The fourth-order valence-corrected chi connectivity index (χ4v) is 2.77. The van der Waals surface area contributed by atoms with E-state index in [4.69, 9.17) is 0 Å². The Bertz CT molecular complexity index is 725. The highest BCUT2D eigenvalue weighted by Gasteiger charge is 2.16. The summed E-state index contributed by atoms with van der Waals surface area (Å²) in [5, 5.41) is 13.4. The number of rotatable bonds is 6. The van der Waals surface area contributed by atoms with Gasteiger partial charge in [-0.1, -0.05) is 62.4 Å². The minimum absolute atomic E-state index is 0.00645. The summed E-state index contributed by atoms with van der Waals surface area (Å²) in [5.74, 6) is 0.210. The molecule has 2 aromatic rings. The Labute approximate surface area is 150 Å². The van der Waals surface area contributed by atoms with Gasteiger partial charge in [-0.15, -0.1) is 0 Å². The summed E-state index contributed by atoms with van der Waals surface area (Å²) in [6.07, 6.45) is 4.56. The number of hydrogen-bond acceptors (Lipinski definition) is 2. The summed E-state index contributed by atoms with van der Waals surface area (Å²) in [6.45, 7) is 7.71. The van der Waals surface area contributed by atoms with Crippen molar-refractivity contribution in [2.75, 3.05) is 0 Å². The molecule has 0 aliphatic carbocycles. The van der Waals surface area contributed by atoms with Crippen molar-refractivity contribution in [1.82, 2.24) is 5.32 Å². The van der Waals surface area contributed by atoms with Gasteiger partial charge >= 0.3 is 0 Å². The van der Waals surface area contributed by atoms with E-state index >= 15 is 0 Å². The Kier molecular flexibility index (Phi) is 6.40. The van der Waals surface area contributed by atoms with Crippen molar-refractivity contribution in [3.05, 3.63) is 70.8 Å². The van der Waals surface area contributed by atoms with Gasteiger partial charge in [-0.25, -0.2) is 0 Å². The average molecular weight is 337 g/mol. The second kappa shape index (κ2) is 8.52. The molecule has 0 heterocycles. The topological polar surface area (TPSA) is 49.3 Å². The number of benzene rings is 2. The highest BCUT2D eigenvalue weighted by molar-refractivity contribution is 5.78. The third-order valence-electron chi connectivity index (χ3n) is 4.19. The van der Waals surface area contributed by atoms with Crippen molar-refractivity contribution in [1.29, 1.82) is 0 Å². The molecule has 3 heteroatoms. The van der Waals surface area contributed by atoms with Crippen molar-refractivity contribution in [3.8, 4) is 5.75 Å². The molecule has 0 spiro atoms. The first-order valence-corrected chi connectivity index (χ1v) is 8.69. The normalized spacial score (nSPS) is 12.5. The van der Waals surface area contributed by atoms with Gasteiger partial charge < -0.3 is 10.4 Å². The number of carbonyl (C=O) groups is 1. The van der Waals surface area contributed by atoms with Crippen LogP contribution in [0.25, 0.3) is 6.08 Å². The number of amides is 1.